The van der Waals surface area contributed by atoms with E-state index in [4.69, 9.17) is 0 Å². The highest BCUT2D eigenvalue weighted by Crippen LogP contribution is 2.35. The minimum absolute atomic E-state index is 0.0000397. The smallest absolute Gasteiger partial charge is 0.283 e. The molecule has 1 aliphatic rings. The standard InChI is InChI=1S/C16H17FN4O3/c17-10-5-6-12-11(8-10)15(16(24)18-12)20-19-13(22)9-21-7-3-1-2-4-14(21)23/h5-6,8,18,24H,1-4,7,9H2. The van der Waals surface area contributed by atoms with Gasteiger partial charge in [-0.1, -0.05) is 6.42 Å². The summed E-state index contributed by atoms with van der Waals surface area (Å²) in [6.07, 6.45) is 3.10. The maximum Gasteiger partial charge on any atom is 0.283 e. The van der Waals surface area contributed by atoms with Crippen LogP contribution in [-0.2, 0) is 9.59 Å². The lowest BCUT2D eigenvalue weighted by Gasteiger charge is -2.17. The van der Waals surface area contributed by atoms with Crippen LogP contribution in [0.1, 0.15) is 25.7 Å². The van der Waals surface area contributed by atoms with Gasteiger partial charge in [-0.3, -0.25) is 9.59 Å². The predicted molar refractivity (Wildman–Crippen MR) is 84.5 cm³/mol. The lowest BCUT2D eigenvalue weighted by Crippen LogP contribution is -2.34. The second-order valence-corrected chi connectivity index (χ2v) is 5.73. The molecule has 2 aromatic rings. The number of aromatic amines is 1. The van der Waals surface area contributed by atoms with Gasteiger partial charge in [-0.2, -0.15) is 0 Å². The summed E-state index contributed by atoms with van der Waals surface area (Å²) in [4.78, 5) is 27.9. The van der Waals surface area contributed by atoms with Crippen molar-refractivity contribution in [3.8, 4) is 5.88 Å². The number of nitrogens with one attached hydrogen (secondary N) is 1. The average Bonchev–Trinajstić information content (AvgIpc) is 2.71. The topological polar surface area (TPSA) is 98.1 Å². The van der Waals surface area contributed by atoms with Crippen LogP contribution in [0.3, 0.4) is 0 Å². The van der Waals surface area contributed by atoms with Gasteiger partial charge in [-0.25, -0.2) is 4.39 Å². The summed E-state index contributed by atoms with van der Waals surface area (Å²) in [5.41, 5.74) is 0.484. The molecule has 2 N–H and O–H groups in total. The molecule has 24 heavy (non-hydrogen) atoms. The first kappa shape index (κ1) is 16.1. The van der Waals surface area contributed by atoms with Gasteiger partial charge in [-0.05, 0) is 31.0 Å². The molecule has 1 aromatic carbocycles. The Morgan fingerprint density at radius 1 is 1.33 bits per heavy atom. The van der Waals surface area contributed by atoms with Crippen molar-refractivity contribution < 1.29 is 19.1 Å². The molecule has 8 heteroatoms. The third kappa shape index (κ3) is 3.42. The van der Waals surface area contributed by atoms with Crippen LogP contribution in [0, 0.1) is 5.82 Å². The Balaban J connectivity index is 1.75. The number of amides is 2. The molecular weight excluding hydrogens is 315 g/mol. The number of likely N-dealkylation sites (tertiary alicyclic amines) is 1. The molecule has 126 valence electrons. The number of fused-ring (bicyclic) bond motifs is 1. The zero-order chi connectivity index (χ0) is 17.1. The van der Waals surface area contributed by atoms with Gasteiger partial charge in [0, 0.05) is 18.4 Å². The number of hydrogen-bond donors (Lipinski definition) is 2. The Hall–Kier alpha value is -2.77. The van der Waals surface area contributed by atoms with Crippen molar-refractivity contribution in [2.24, 2.45) is 10.2 Å². The van der Waals surface area contributed by atoms with E-state index in [0.717, 1.165) is 19.3 Å². The molecule has 2 amide bonds. The van der Waals surface area contributed by atoms with Crippen LogP contribution in [0.4, 0.5) is 10.1 Å². The van der Waals surface area contributed by atoms with Gasteiger partial charge in [0.2, 0.25) is 11.8 Å². The molecule has 0 bridgehead atoms. The van der Waals surface area contributed by atoms with Gasteiger partial charge in [0.25, 0.3) is 5.91 Å². The highest BCUT2D eigenvalue weighted by atomic mass is 19.1. The van der Waals surface area contributed by atoms with Crippen molar-refractivity contribution in [2.75, 3.05) is 13.1 Å². The first-order valence-corrected chi connectivity index (χ1v) is 7.77. The van der Waals surface area contributed by atoms with Crippen molar-refractivity contribution in [3.05, 3.63) is 24.0 Å². The van der Waals surface area contributed by atoms with Crippen LogP contribution in [0.2, 0.25) is 0 Å². The lowest BCUT2D eigenvalue weighted by atomic mass is 10.2. The van der Waals surface area contributed by atoms with Crippen LogP contribution < -0.4 is 0 Å². The predicted octanol–water partition coefficient (Wildman–Crippen LogP) is 3.03. The van der Waals surface area contributed by atoms with Gasteiger partial charge in [-0.15, -0.1) is 10.2 Å². The molecule has 0 unspecified atom stereocenters. The third-order valence-electron chi connectivity index (χ3n) is 3.97. The van der Waals surface area contributed by atoms with Crippen molar-refractivity contribution >= 4 is 28.4 Å². The monoisotopic (exact) mass is 332 g/mol. The summed E-state index contributed by atoms with van der Waals surface area (Å²) in [5.74, 6) is -1.43. The highest BCUT2D eigenvalue weighted by Gasteiger charge is 2.19. The van der Waals surface area contributed by atoms with Crippen LogP contribution >= 0.6 is 0 Å². The number of benzene rings is 1. The van der Waals surface area contributed by atoms with E-state index in [1.54, 1.807) is 0 Å². The summed E-state index contributed by atoms with van der Waals surface area (Å²) in [6.45, 7) is 0.392. The van der Waals surface area contributed by atoms with E-state index < -0.39 is 11.7 Å². The second kappa shape index (κ2) is 6.77. The summed E-state index contributed by atoms with van der Waals surface area (Å²) < 4.78 is 13.3. The molecule has 0 atom stereocenters. The molecule has 7 nitrogen and oxygen atoms in total. The van der Waals surface area contributed by atoms with E-state index in [2.05, 4.69) is 15.2 Å². The Bertz CT molecular complexity index is 815. The first-order chi connectivity index (χ1) is 11.5. The van der Waals surface area contributed by atoms with Crippen molar-refractivity contribution in [3.63, 3.8) is 0 Å². The molecule has 0 spiro atoms. The van der Waals surface area contributed by atoms with E-state index in [-0.39, 0.29) is 24.0 Å². The van der Waals surface area contributed by atoms with Crippen molar-refractivity contribution in [2.45, 2.75) is 25.7 Å². The minimum atomic E-state index is -0.588. The molecule has 1 fully saturated rings. The van der Waals surface area contributed by atoms with Gasteiger partial charge < -0.3 is 15.0 Å². The molecular formula is C16H17FN4O3. The summed E-state index contributed by atoms with van der Waals surface area (Å²) in [7, 11) is 0. The number of H-pyrrole nitrogens is 1. The zero-order valence-electron chi connectivity index (χ0n) is 13.0. The van der Waals surface area contributed by atoms with Gasteiger partial charge in [0.05, 0.1) is 5.52 Å². The van der Waals surface area contributed by atoms with E-state index in [9.17, 15) is 19.1 Å². The second-order valence-electron chi connectivity index (χ2n) is 5.73. The molecule has 2 heterocycles. The van der Waals surface area contributed by atoms with E-state index in [0.29, 0.717) is 23.9 Å². The SMILES string of the molecule is O=C(CN1CCCCCC1=O)N=Nc1c(O)[nH]c2ccc(F)cc12. The average molecular weight is 332 g/mol. The number of rotatable bonds is 3. The molecule has 0 radical (unpaired) electrons. The van der Waals surface area contributed by atoms with Gasteiger partial charge in [0.1, 0.15) is 12.4 Å². The summed E-state index contributed by atoms with van der Waals surface area (Å²) >= 11 is 0. The summed E-state index contributed by atoms with van der Waals surface area (Å²) in [6, 6.07) is 3.90. The molecule has 1 saturated heterocycles. The number of nitrogens with zero attached hydrogens (tertiary/aromatic N) is 3. The van der Waals surface area contributed by atoms with Gasteiger partial charge in [0.15, 0.2) is 5.69 Å². The van der Waals surface area contributed by atoms with E-state index in [1.165, 1.54) is 23.1 Å². The fourth-order valence-electron chi connectivity index (χ4n) is 2.74. The molecule has 3 rings (SSSR count). The Morgan fingerprint density at radius 3 is 3.00 bits per heavy atom. The first-order valence-electron chi connectivity index (χ1n) is 7.77. The lowest BCUT2D eigenvalue weighted by molar-refractivity contribution is -0.134. The minimum Gasteiger partial charge on any atom is -0.493 e. The fraction of sp³-hybridized carbons (Fsp3) is 0.375. The Labute approximate surface area is 137 Å². The van der Waals surface area contributed by atoms with Crippen LogP contribution in [0.25, 0.3) is 10.9 Å². The van der Waals surface area contributed by atoms with E-state index in [1.807, 2.05) is 0 Å². The molecule has 1 aromatic heterocycles. The quantitative estimate of drug-likeness (QED) is 0.845. The molecule has 0 aliphatic carbocycles. The Morgan fingerprint density at radius 2 is 2.17 bits per heavy atom. The number of carbonyl (C=O) groups is 2. The maximum absolute atomic E-state index is 13.3. The van der Waals surface area contributed by atoms with Crippen molar-refractivity contribution in [1.29, 1.82) is 0 Å². The largest absolute Gasteiger partial charge is 0.493 e. The van der Waals surface area contributed by atoms with Crippen LogP contribution in [0.15, 0.2) is 28.4 Å². The van der Waals surface area contributed by atoms with Gasteiger partial charge >= 0.3 is 0 Å². The fourth-order valence-corrected chi connectivity index (χ4v) is 2.74. The number of hydrogen-bond acceptors (Lipinski definition) is 4. The number of aromatic nitrogens is 1. The molecule has 1 aliphatic heterocycles. The number of aromatic hydroxyl groups is 1. The number of azo groups is 1. The Kier molecular flexibility index (Phi) is 4.54. The maximum atomic E-state index is 13.3. The zero-order valence-corrected chi connectivity index (χ0v) is 13.0. The normalized spacial score (nSPS) is 16.0. The number of carbonyl (C=O) groups excluding carboxylic acids is 2. The number of halogens is 1. The summed E-state index contributed by atoms with van der Waals surface area (Å²) in [5, 5.41) is 17.5. The highest BCUT2D eigenvalue weighted by molar-refractivity contribution is 5.94. The molecule has 0 saturated carbocycles. The van der Waals surface area contributed by atoms with Crippen molar-refractivity contribution in [1.82, 2.24) is 9.88 Å². The van der Waals surface area contributed by atoms with Crippen LogP contribution in [-0.4, -0.2) is 39.9 Å². The third-order valence-corrected chi connectivity index (χ3v) is 3.97. The van der Waals surface area contributed by atoms with Crippen LogP contribution in [0.5, 0.6) is 5.88 Å². The van der Waals surface area contributed by atoms with E-state index >= 15 is 0 Å².